The van der Waals surface area contributed by atoms with Crippen molar-refractivity contribution in [3.05, 3.63) is 24.0 Å². The molecule has 1 amide bonds. The van der Waals surface area contributed by atoms with Crippen LogP contribution < -0.4 is 5.32 Å². The topological polar surface area (TPSA) is 79.3 Å². The lowest BCUT2D eigenvalue weighted by atomic mass is 10.3. The first-order chi connectivity index (χ1) is 6.09. The molecule has 1 rings (SSSR count). The van der Waals surface area contributed by atoms with E-state index in [0.29, 0.717) is 11.4 Å². The third-order valence-electron chi connectivity index (χ3n) is 1.35. The summed E-state index contributed by atoms with van der Waals surface area (Å²) >= 11 is 0. The van der Waals surface area contributed by atoms with Gasteiger partial charge in [-0.25, -0.2) is 4.79 Å². The van der Waals surface area contributed by atoms with Crippen LogP contribution in [-0.4, -0.2) is 22.0 Å². The standard InChI is InChI=1S/C8H8N2O3/c1-5-4-6(2-3-9-5)10-7(11)8(12)13/h2-4H,1H3,(H,12,13)(H,9,10,11). The predicted octanol–water partition coefficient (Wildman–Crippen LogP) is 0.413. The monoisotopic (exact) mass is 180 g/mol. The van der Waals surface area contributed by atoms with Gasteiger partial charge in [0.1, 0.15) is 0 Å². The van der Waals surface area contributed by atoms with E-state index >= 15 is 0 Å². The summed E-state index contributed by atoms with van der Waals surface area (Å²) < 4.78 is 0. The molecule has 0 atom stereocenters. The number of nitrogens with one attached hydrogen (secondary N) is 1. The van der Waals surface area contributed by atoms with E-state index in [4.69, 9.17) is 5.11 Å². The van der Waals surface area contributed by atoms with Crippen LogP contribution in [0.1, 0.15) is 5.69 Å². The summed E-state index contributed by atoms with van der Waals surface area (Å²) in [6.07, 6.45) is 1.49. The molecule has 5 heteroatoms. The van der Waals surface area contributed by atoms with Gasteiger partial charge in [-0.1, -0.05) is 0 Å². The van der Waals surface area contributed by atoms with Crippen molar-refractivity contribution in [3.63, 3.8) is 0 Å². The minimum Gasteiger partial charge on any atom is -0.474 e. The maximum absolute atomic E-state index is 10.7. The number of hydrogen-bond donors (Lipinski definition) is 2. The van der Waals surface area contributed by atoms with Crippen LogP contribution in [0.15, 0.2) is 18.3 Å². The van der Waals surface area contributed by atoms with Crippen LogP contribution in [0.3, 0.4) is 0 Å². The summed E-state index contributed by atoms with van der Waals surface area (Å²) in [5, 5.41) is 10.5. The van der Waals surface area contributed by atoms with Gasteiger partial charge >= 0.3 is 11.9 Å². The molecule has 0 spiro atoms. The van der Waals surface area contributed by atoms with Gasteiger partial charge in [0.05, 0.1) is 0 Å². The van der Waals surface area contributed by atoms with Crippen molar-refractivity contribution in [2.75, 3.05) is 5.32 Å². The molecule has 0 aliphatic carbocycles. The van der Waals surface area contributed by atoms with Crippen LogP contribution in [0.5, 0.6) is 0 Å². The highest BCUT2D eigenvalue weighted by molar-refractivity contribution is 6.36. The number of nitrogens with zero attached hydrogens (tertiary/aromatic N) is 1. The molecule has 68 valence electrons. The Morgan fingerprint density at radius 2 is 2.23 bits per heavy atom. The highest BCUT2D eigenvalue weighted by Gasteiger charge is 2.10. The smallest absolute Gasteiger partial charge is 0.394 e. The SMILES string of the molecule is Cc1cc(NC(=O)C(=O)O)ccn1. The molecule has 0 aromatic carbocycles. The molecule has 0 aliphatic heterocycles. The quantitative estimate of drug-likeness (QED) is 0.613. The Kier molecular flexibility index (Phi) is 2.59. The summed E-state index contributed by atoms with van der Waals surface area (Å²) in [6, 6.07) is 3.11. The molecule has 0 saturated carbocycles. The average molecular weight is 180 g/mol. The second-order valence-electron chi connectivity index (χ2n) is 2.45. The van der Waals surface area contributed by atoms with Crippen LogP contribution in [0.4, 0.5) is 5.69 Å². The highest BCUT2D eigenvalue weighted by Crippen LogP contribution is 2.06. The minimum absolute atomic E-state index is 0.430. The number of aromatic nitrogens is 1. The maximum Gasteiger partial charge on any atom is 0.394 e. The first-order valence-electron chi connectivity index (χ1n) is 3.56. The first-order valence-corrected chi connectivity index (χ1v) is 3.56. The van der Waals surface area contributed by atoms with Gasteiger partial charge in [-0.2, -0.15) is 0 Å². The molecule has 0 saturated heterocycles. The number of aryl methyl sites for hydroxylation is 1. The van der Waals surface area contributed by atoms with E-state index in [2.05, 4.69) is 10.3 Å². The second-order valence-corrected chi connectivity index (χ2v) is 2.45. The van der Waals surface area contributed by atoms with Gasteiger partial charge in [0.15, 0.2) is 0 Å². The van der Waals surface area contributed by atoms with Crippen LogP contribution in [0.2, 0.25) is 0 Å². The molecule has 5 nitrogen and oxygen atoms in total. The summed E-state index contributed by atoms with van der Waals surface area (Å²) in [7, 11) is 0. The van der Waals surface area contributed by atoms with E-state index in [1.54, 1.807) is 13.0 Å². The number of amides is 1. The van der Waals surface area contributed by atoms with Crippen molar-refractivity contribution >= 4 is 17.6 Å². The Hall–Kier alpha value is -1.91. The molecule has 2 N–H and O–H groups in total. The Labute approximate surface area is 74.4 Å². The van der Waals surface area contributed by atoms with Crippen molar-refractivity contribution < 1.29 is 14.7 Å². The zero-order chi connectivity index (χ0) is 9.84. The molecule has 0 fully saturated rings. The van der Waals surface area contributed by atoms with Gasteiger partial charge < -0.3 is 10.4 Å². The van der Waals surface area contributed by atoms with Crippen molar-refractivity contribution in [3.8, 4) is 0 Å². The number of carbonyl (C=O) groups is 2. The zero-order valence-electron chi connectivity index (χ0n) is 6.94. The Bertz CT molecular complexity index is 349. The Balaban J connectivity index is 2.75. The van der Waals surface area contributed by atoms with Gasteiger partial charge in [0.25, 0.3) is 0 Å². The van der Waals surface area contributed by atoms with E-state index in [0.717, 1.165) is 0 Å². The lowest BCUT2D eigenvalue weighted by molar-refractivity contribution is -0.147. The van der Waals surface area contributed by atoms with Crippen molar-refractivity contribution in [2.45, 2.75) is 6.92 Å². The molecule has 0 aliphatic rings. The van der Waals surface area contributed by atoms with Gasteiger partial charge in [0, 0.05) is 17.6 Å². The number of aliphatic carboxylic acids is 1. The number of carboxylic acids is 1. The minimum atomic E-state index is -1.51. The number of rotatable bonds is 1. The fourth-order valence-electron chi connectivity index (χ4n) is 0.808. The first kappa shape index (κ1) is 9.18. The van der Waals surface area contributed by atoms with E-state index in [9.17, 15) is 9.59 Å². The number of anilines is 1. The number of hydrogen-bond acceptors (Lipinski definition) is 3. The average Bonchev–Trinajstić information content (AvgIpc) is 2.04. The third-order valence-corrected chi connectivity index (χ3v) is 1.35. The lowest BCUT2D eigenvalue weighted by Crippen LogP contribution is -2.21. The van der Waals surface area contributed by atoms with E-state index in [1.807, 2.05) is 0 Å². The molecule has 1 heterocycles. The van der Waals surface area contributed by atoms with Crippen molar-refractivity contribution in [1.82, 2.24) is 4.98 Å². The van der Waals surface area contributed by atoms with E-state index in [-0.39, 0.29) is 0 Å². The number of carboxylic acid groups (broad SMARTS) is 1. The number of pyridine rings is 1. The molecule has 0 radical (unpaired) electrons. The van der Waals surface area contributed by atoms with E-state index < -0.39 is 11.9 Å². The summed E-state index contributed by atoms with van der Waals surface area (Å²) in [6.45, 7) is 1.75. The van der Waals surface area contributed by atoms with Crippen LogP contribution in [0.25, 0.3) is 0 Å². The molecule has 13 heavy (non-hydrogen) atoms. The zero-order valence-corrected chi connectivity index (χ0v) is 6.94. The lowest BCUT2D eigenvalue weighted by Gasteiger charge is -2.01. The van der Waals surface area contributed by atoms with Gasteiger partial charge in [-0.3, -0.25) is 9.78 Å². The Morgan fingerprint density at radius 1 is 1.54 bits per heavy atom. The molecule has 1 aromatic heterocycles. The van der Waals surface area contributed by atoms with Gasteiger partial charge in [-0.05, 0) is 19.1 Å². The van der Waals surface area contributed by atoms with Gasteiger partial charge in [-0.15, -0.1) is 0 Å². The van der Waals surface area contributed by atoms with Gasteiger partial charge in [0.2, 0.25) is 0 Å². The third kappa shape index (κ3) is 2.55. The van der Waals surface area contributed by atoms with Crippen LogP contribution in [-0.2, 0) is 9.59 Å². The fourth-order valence-corrected chi connectivity index (χ4v) is 0.808. The molecule has 0 bridgehead atoms. The summed E-state index contributed by atoms with van der Waals surface area (Å²) in [5.41, 5.74) is 1.14. The summed E-state index contributed by atoms with van der Waals surface area (Å²) in [4.78, 5) is 24.7. The largest absolute Gasteiger partial charge is 0.474 e. The van der Waals surface area contributed by atoms with Crippen molar-refractivity contribution in [1.29, 1.82) is 0 Å². The number of carbonyl (C=O) groups excluding carboxylic acids is 1. The molecular formula is C8H8N2O3. The van der Waals surface area contributed by atoms with E-state index in [1.165, 1.54) is 12.3 Å². The molecule has 1 aromatic rings. The van der Waals surface area contributed by atoms with Crippen LogP contribution in [0, 0.1) is 6.92 Å². The molecular weight excluding hydrogens is 172 g/mol. The maximum atomic E-state index is 10.7. The summed E-state index contributed by atoms with van der Waals surface area (Å²) in [5.74, 6) is -2.56. The Morgan fingerprint density at radius 3 is 2.77 bits per heavy atom. The van der Waals surface area contributed by atoms with Crippen molar-refractivity contribution in [2.24, 2.45) is 0 Å². The fraction of sp³-hybridized carbons (Fsp3) is 0.125. The second kappa shape index (κ2) is 3.66. The van der Waals surface area contributed by atoms with Crippen LogP contribution >= 0.6 is 0 Å². The normalized spacial score (nSPS) is 9.31. The molecule has 0 unspecified atom stereocenters. The highest BCUT2D eigenvalue weighted by atomic mass is 16.4. The predicted molar refractivity (Wildman–Crippen MR) is 45.2 cm³/mol.